The van der Waals surface area contributed by atoms with E-state index in [1.165, 1.54) is 25.7 Å². The first kappa shape index (κ1) is 13.3. The van der Waals surface area contributed by atoms with Gasteiger partial charge in [0.1, 0.15) is 5.82 Å². The second-order valence-electron chi connectivity index (χ2n) is 5.76. The van der Waals surface area contributed by atoms with E-state index in [4.69, 9.17) is 0 Å². The summed E-state index contributed by atoms with van der Waals surface area (Å²) >= 11 is 0. The molecule has 4 heteroatoms. The fourth-order valence-corrected chi connectivity index (χ4v) is 3.00. The highest BCUT2D eigenvalue weighted by Crippen LogP contribution is 2.35. The number of nitrogens with zero attached hydrogens (tertiary/aromatic N) is 3. The summed E-state index contributed by atoms with van der Waals surface area (Å²) < 4.78 is 0. The minimum absolute atomic E-state index is 0.259. The van der Waals surface area contributed by atoms with Crippen molar-refractivity contribution in [1.82, 2.24) is 14.9 Å². The lowest BCUT2D eigenvalue weighted by Crippen LogP contribution is -2.52. The number of hydrogen-bond donors (Lipinski definition) is 1. The second-order valence-corrected chi connectivity index (χ2v) is 5.76. The van der Waals surface area contributed by atoms with Crippen LogP contribution in [0.4, 0.5) is 5.82 Å². The molecule has 0 bridgehead atoms. The van der Waals surface area contributed by atoms with Gasteiger partial charge in [0.25, 0.3) is 0 Å². The van der Waals surface area contributed by atoms with E-state index in [0.29, 0.717) is 0 Å². The summed E-state index contributed by atoms with van der Waals surface area (Å²) in [6.07, 6.45) is 10.4. The van der Waals surface area contributed by atoms with Crippen molar-refractivity contribution in [1.29, 1.82) is 0 Å². The summed E-state index contributed by atoms with van der Waals surface area (Å²) in [4.78, 5) is 10.8. The first-order valence-electron chi connectivity index (χ1n) is 6.80. The van der Waals surface area contributed by atoms with Crippen LogP contribution in [0.3, 0.4) is 0 Å². The second kappa shape index (κ2) is 5.65. The molecule has 4 nitrogen and oxygen atoms in total. The van der Waals surface area contributed by atoms with Gasteiger partial charge in [0.2, 0.25) is 0 Å². The number of nitrogens with one attached hydrogen (secondary N) is 1. The quantitative estimate of drug-likeness (QED) is 0.888. The molecule has 18 heavy (non-hydrogen) atoms. The van der Waals surface area contributed by atoms with E-state index in [0.717, 1.165) is 18.3 Å². The van der Waals surface area contributed by atoms with Gasteiger partial charge in [-0.2, -0.15) is 0 Å². The van der Waals surface area contributed by atoms with Gasteiger partial charge in [-0.15, -0.1) is 0 Å². The molecule has 100 valence electrons. The lowest BCUT2D eigenvalue weighted by atomic mass is 9.75. The molecule has 0 amide bonds. The zero-order valence-electron chi connectivity index (χ0n) is 11.7. The van der Waals surface area contributed by atoms with Gasteiger partial charge in [-0.1, -0.05) is 19.8 Å². The molecule has 0 aromatic carbocycles. The van der Waals surface area contributed by atoms with Gasteiger partial charge >= 0.3 is 0 Å². The van der Waals surface area contributed by atoms with E-state index >= 15 is 0 Å². The molecule has 2 atom stereocenters. The van der Waals surface area contributed by atoms with Crippen molar-refractivity contribution in [2.24, 2.45) is 5.92 Å². The van der Waals surface area contributed by atoms with Crippen molar-refractivity contribution >= 4 is 5.82 Å². The van der Waals surface area contributed by atoms with Crippen LogP contribution in [0.25, 0.3) is 0 Å². The Hall–Kier alpha value is -1.16. The van der Waals surface area contributed by atoms with Crippen LogP contribution in [0.1, 0.15) is 32.6 Å². The molecule has 1 saturated carbocycles. The summed E-state index contributed by atoms with van der Waals surface area (Å²) in [7, 11) is 4.38. The Morgan fingerprint density at radius 3 is 2.89 bits per heavy atom. The Balaban J connectivity index is 2.02. The largest absolute Gasteiger partial charge is 0.367 e. The predicted molar refractivity (Wildman–Crippen MR) is 74.6 cm³/mol. The van der Waals surface area contributed by atoms with Crippen molar-refractivity contribution in [3.05, 3.63) is 18.6 Å². The molecule has 1 fully saturated rings. The maximum Gasteiger partial charge on any atom is 0.144 e. The standard InChI is InChI=1S/C14H24N4/c1-12-5-4-6-14(9-12,18(2)3)11-17-13-10-15-7-8-16-13/h7-8,10,12H,4-6,9,11H2,1-3H3,(H,16,17). The summed E-state index contributed by atoms with van der Waals surface area (Å²) in [5.41, 5.74) is 0.259. The van der Waals surface area contributed by atoms with E-state index in [-0.39, 0.29) is 5.54 Å². The van der Waals surface area contributed by atoms with Gasteiger partial charge in [-0.3, -0.25) is 4.98 Å². The van der Waals surface area contributed by atoms with E-state index in [1.54, 1.807) is 18.6 Å². The molecule has 1 aliphatic carbocycles. The predicted octanol–water partition coefficient (Wildman–Crippen LogP) is 2.40. The number of aromatic nitrogens is 2. The molecule has 1 N–H and O–H groups in total. The van der Waals surface area contributed by atoms with Crippen LogP contribution in [0.5, 0.6) is 0 Å². The topological polar surface area (TPSA) is 41.1 Å². The van der Waals surface area contributed by atoms with Gasteiger partial charge < -0.3 is 10.2 Å². The molecule has 1 aromatic heterocycles. The number of likely N-dealkylation sites (N-methyl/N-ethyl adjacent to an activating group) is 1. The molecule has 0 spiro atoms. The van der Waals surface area contributed by atoms with Crippen LogP contribution in [0.2, 0.25) is 0 Å². The summed E-state index contributed by atoms with van der Waals surface area (Å²) in [6.45, 7) is 3.31. The number of hydrogen-bond acceptors (Lipinski definition) is 4. The summed E-state index contributed by atoms with van der Waals surface area (Å²) in [5.74, 6) is 1.68. The van der Waals surface area contributed by atoms with Crippen molar-refractivity contribution in [3.8, 4) is 0 Å². The smallest absolute Gasteiger partial charge is 0.144 e. The first-order chi connectivity index (χ1) is 8.62. The highest BCUT2D eigenvalue weighted by molar-refractivity contribution is 5.30. The Bertz CT molecular complexity index is 365. The molecule has 0 aliphatic heterocycles. The molecule has 0 saturated heterocycles. The molecule has 1 aliphatic rings. The zero-order valence-corrected chi connectivity index (χ0v) is 11.7. The van der Waals surface area contributed by atoms with Crippen LogP contribution in [-0.2, 0) is 0 Å². The van der Waals surface area contributed by atoms with Gasteiger partial charge in [0.15, 0.2) is 0 Å². The van der Waals surface area contributed by atoms with Crippen molar-refractivity contribution < 1.29 is 0 Å². The Labute approximate surface area is 110 Å². The van der Waals surface area contributed by atoms with Gasteiger partial charge in [-0.05, 0) is 32.9 Å². The minimum Gasteiger partial charge on any atom is -0.367 e. The maximum atomic E-state index is 4.28. The first-order valence-corrected chi connectivity index (χ1v) is 6.80. The maximum absolute atomic E-state index is 4.28. The van der Waals surface area contributed by atoms with E-state index in [1.807, 2.05) is 0 Å². The Morgan fingerprint density at radius 1 is 1.44 bits per heavy atom. The average molecular weight is 248 g/mol. The monoisotopic (exact) mass is 248 g/mol. The normalized spacial score (nSPS) is 28.3. The highest BCUT2D eigenvalue weighted by Gasteiger charge is 2.36. The number of rotatable bonds is 4. The molecule has 2 unspecified atom stereocenters. The summed E-state index contributed by atoms with van der Waals surface area (Å²) in [5, 5.41) is 3.44. The van der Waals surface area contributed by atoms with Crippen LogP contribution < -0.4 is 5.32 Å². The molecule has 0 radical (unpaired) electrons. The fraction of sp³-hybridized carbons (Fsp3) is 0.714. The molecule has 1 aromatic rings. The lowest BCUT2D eigenvalue weighted by molar-refractivity contribution is 0.0881. The van der Waals surface area contributed by atoms with E-state index < -0.39 is 0 Å². The molecular formula is C14H24N4. The molecule has 2 rings (SSSR count). The van der Waals surface area contributed by atoms with E-state index in [2.05, 4.69) is 41.2 Å². The fourth-order valence-electron chi connectivity index (χ4n) is 3.00. The third-order valence-corrected chi connectivity index (χ3v) is 4.18. The Kier molecular flexibility index (Phi) is 4.17. The Morgan fingerprint density at radius 2 is 2.28 bits per heavy atom. The van der Waals surface area contributed by atoms with Crippen molar-refractivity contribution in [2.75, 3.05) is 26.0 Å². The van der Waals surface area contributed by atoms with Gasteiger partial charge in [0, 0.05) is 24.5 Å². The number of anilines is 1. The zero-order chi connectivity index (χ0) is 13.0. The third-order valence-electron chi connectivity index (χ3n) is 4.18. The summed E-state index contributed by atoms with van der Waals surface area (Å²) in [6, 6.07) is 0. The minimum atomic E-state index is 0.259. The van der Waals surface area contributed by atoms with Crippen molar-refractivity contribution in [2.45, 2.75) is 38.1 Å². The van der Waals surface area contributed by atoms with Crippen molar-refractivity contribution in [3.63, 3.8) is 0 Å². The molecular weight excluding hydrogens is 224 g/mol. The van der Waals surface area contributed by atoms with Crippen LogP contribution in [0, 0.1) is 5.92 Å². The van der Waals surface area contributed by atoms with E-state index in [9.17, 15) is 0 Å². The average Bonchev–Trinajstić information content (AvgIpc) is 2.37. The lowest BCUT2D eigenvalue weighted by Gasteiger charge is -2.45. The SMILES string of the molecule is CC1CCCC(CNc2cnccn2)(N(C)C)C1. The van der Waals surface area contributed by atoms with Gasteiger partial charge in [0.05, 0.1) is 6.20 Å². The highest BCUT2D eigenvalue weighted by atomic mass is 15.2. The van der Waals surface area contributed by atoms with Crippen LogP contribution >= 0.6 is 0 Å². The van der Waals surface area contributed by atoms with Crippen LogP contribution in [-0.4, -0.2) is 41.0 Å². The van der Waals surface area contributed by atoms with Gasteiger partial charge in [-0.25, -0.2) is 4.98 Å². The third kappa shape index (κ3) is 2.99. The molecule has 1 heterocycles. The van der Waals surface area contributed by atoms with Crippen LogP contribution in [0.15, 0.2) is 18.6 Å².